The van der Waals surface area contributed by atoms with Gasteiger partial charge in [0.1, 0.15) is 5.69 Å². The summed E-state index contributed by atoms with van der Waals surface area (Å²) < 4.78 is 16.7. The Bertz CT molecular complexity index is 686. The van der Waals surface area contributed by atoms with Gasteiger partial charge in [0.05, 0.1) is 10.9 Å². The number of benzene rings is 2. The molecule has 7 heteroatoms. The molecule has 1 atom stereocenters. The highest BCUT2D eigenvalue weighted by atomic mass is 31.2. The van der Waals surface area contributed by atoms with E-state index in [0.29, 0.717) is 0 Å². The molecule has 1 unspecified atom stereocenters. The molecule has 0 saturated heterocycles. The summed E-state index contributed by atoms with van der Waals surface area (Å²) in [5, 5.41) is 2.49. The lowest BCUT2D eigenvalue weighted by Crippen LogP contribution is -2.11. The molecule has 0 spiro atoms. The van der Waals surface area contributed by atoms with E-state index in [-0.39, 0.29) is 16.6 Å². The lowest BCUT2D eigenvalue weighted by atomic mass is 10.2. The Morgan fingerprint density at radius 1 is 1.10 bits per heavy atom. The van der Waals surface area contributed by atoms with Crippen LogP contribution in [0.2, 0.25) is 0 Å². The second kappa shape index (κ2) is 5.77. The Kier molecular flexibility index (Phi) is 4.08. The fourth-order valence-electron chi connectivity index (χ4n) is 1.52. The Morgan fingerprint density at radius 3 is 2.45 bits per heavy atom. The van der Waals surface area contributed by atoms with E-state index in [4.69, 9.17) is 0 Å². The summed E-state index contributed by atoms with van der Waals surface area (Å²) in [5.41, 5.74) is 0.138. The quantitative estimate of drug-likeness (QED) is 0.690. The highest BCUT2D eigenvalue weighted by Crippen LogP contribution is 2.42. The van der Waals surface area contributed by atoms with Crippen LogP contribution in [-0.4, -0.2) is 10.9 Å². The van der Waals surface area contributed by atoms with E-state index < -0.39 is 13.6 Å². The van der Waals surface area contributed by atoms with Gasteiger partial charge in [0, 0.05) is 0 Å². The first-order chi connectivity index (χ1) is 9.53. The van der Waals surface area contributed by atoms with Crippen LogP contribution in [0.15, 0.2) is 59.8 Å². The van der Waals surface area contributed by atoms with Gasteiger partial charge < -0.3 is 9.42 Å². The van der Waals surface area contributed by atoms with Crippen molar-refractivity contribution in [2.24, 2.45) is 5.18 Å². The van der Waals surface area contributed by atoms with Crippen molar-refractivity contribution in [1.82, 2.24) is 0 Å². The minimum absolute atomic E-state index is 0.0208. The van der Waals surface area contributed by atoms with Crippen molar-refractivity contribution in [2.45, 2.75) is 0 Å². The third kappa shape index (κ3) is 3.17. The Labute approximate surface area is 114 Å². The number of hydrogen-bond donors (Lipinski definition) is 1. The fraction of sp³-hybridized carbons (Fsp3) is 0. The first-order valence-corrected chi connectivity index (χ1v) is 7.16. The smallest absolute Gasteiger partial charge is 0.385 e. The number of hydrogen-bond acceptors (Lipinski definition) is 5. The normalized spacial score (nSPS) is 13.2. The SMILES string of the molecule is O=Nc1cccc(P(=O)(O)OC(=O)c2ccccc2)c1. The van der Waals surface area contributed by atoms with Crippen molar-refractivity contribution in [3.63, 3.8) is 0 Å². The molecule has 0 fully saturated rings. The van der Waals surface area contributed by atoms with Crippen LogP contribution in [0.4, 0.5) is 5.69 Å². The van der Waals surface area contributed by atoms with E-state index >= 15 is 0 Å². The molecule has 0 saturated carbocycles. The van der Waals surface area contributed by atoms with Gasteiger partial charge in [-0.1, -0.05) is 24.3 Å². The van der Waals surface area contributed by atoms with E-state index in [2.05, 4.69) is 9.70 Å². The molecule has 102 valence electrons. The Morgan fingerprint density at radius 2 is 1.80 bits per heavy atom. The average Bonchev–Trinajstić information content (AvgIpc) is 2.48. The molecule has 0 aromatic heterocycles. The zero-order chi connectivity index (χ0) is 14.6. The van der Waals surface area contributed by atoms with Crippen molar-refractivity contribution in [3.8, 4) is 0 Å². The summed E-state index contributed by atoms with van der Waals surface area (Å²) in [6.07, 6.45) is 0. The van der Waals surface area contributed by atoms with Crippen LogP contribution >= 0.6 is 7.60 Å². The van der Waals surface area contributed by atoms with Gasteiger partial charge in [-0.15, -0.1) is 4.91 Å². The topological polar surface area (TPSA) is 93.0 Å². The third-order valence-electron chi connectivity index (χ3n) is 2.48. The summed E-state index contributed by atoms with van der Waals surface area (Å²) in [4.78, 5) is 32.0. The summed E-state index contributed by atoms with van der Waals surface area (Å²) in [6, 6.07) is 13.0. The first kappa shape index (κ1) is 14.1. The standard InChI is InChI=1S/C13H10NO5P/c15-13(10-5-2-1-3-6-10)19-20(17,18)12-8-4-7-11(9-12)14-16/h1-9H,(H,17,18). The second-order valence-corrected chi connectivity index (χ2v) is 5.62. The van der Waals surface area contributed by atoms with Gasteiger partial charge in [-0.3, -0.25) is 0 Å². The van der Waals surface area contributed by atoms with Crippen LogP contribution in [0, 0.1) is 4.91 Å². The molecule has 2 rings (SSSR count). The molecule has 6 nitrogen and oxygen atoms in total. The fourth-order valence-corrected chi connectivity index (χ4v) is 2.52. The summed E-state index contributed by atoms with van der Waals surface area (Å²) in [6.45, 7) is 0. The van der Waals surface area contributed by atoms with Gasteiger partial charge in [-0.25, -0.2) is 9.36 Å². The molecule has 0 amide bonds. The molecule has 20 heavy (non-hydrogen) atoms. The minimum atomic E-state index is -4.36. The van der Waals surface area contributed by atoms with Crippen LogP contribution < -0.4 is 5.30 Å². The van der Waals surface area contributed by atoms with Gasteiger partial charge in [-0.2, -0.15) is 0 Å². The lowest BCUT2D eigenvalue weighted by Gasteiger charge is -2.12. The van der Waals surface area contributed by atoms with Crippen molar-refractivity contribution >= 4 is 24.6 Å². The molecule has 1 N–H and O–H groups in total. The van der Waals surface area contributed by atoms with Gasteiger partial charge in [0.15, 0.2) is 0 Å². The van der Waals surface area contributed by atoms with Crippen LogP contribution in [0.1, 0.15) is 10.4 Å². The molecular weight excluding hydrogens is 281 g/mol. The first-order valence-electron chi connectivity index (χ1n) is 5.59. The van der Waals surface area contributed by atoms with E-state index in [1.54, 1.807) is 18.2 Å². The van der Waals surface area contributed by atoms with Crippen LogP contribution in [0.5, 0.6) is 0 Å². The highest BCUT2D eigenvalue weighted by Gasteiger charge is 2.28. The predicted molar refractivity (Wildman–Crippen MR) is 73.2 cm³/mol. The monoisotopic (exact) mass is 291 g/mol. The molecular formula is C13H10NO5P. The predicted octanol–water partition coefficient (Wildman–Crippen LogP) is 2.75. The van der Waals surface area contributed by atoms with E-state index in [1.807, 2.05) is 0 Å². The van der Waals surface area contributed by atoms with Gasteiger partial charge in [0.2, 0.25) is 0 Å². The number of carbonyl (C=O) groups excluding carboxylic acids is 1. The van der Waals surface area contributed by atoms with Gasteiger partial charge >= 0.3 is 13.6 Å². The van der Waals surface area contributed by atoms with E-state index in [0.717, 1.165) is 6.07 Å². The number of carbonyl (C=O) groups is 1. The Balaban J connectivity index is 2.25. The maximum absolute atomic E-state index is 12.0. The van der Waals surface area contributed by atoms with Crippen LogP contribution in [0.3, 0.4) is 0 Å². The van der Waals surface area contributed by atoms with E-state index in [9.17, 15) is 19.2 Å². The largest absolute Gasteiger partial charge is 0.410 e. The van der Waals surface area contributed by atoms with Gasteiger partial charge in [0.25, 0.3) is 0 Å². The van der Waals surface area contributed by atoms with Crippen molar-refractivity contribution in [3.05, 3.63) is 65.1 Å². The molecule has 0 heterocycles. The number of rotatable bonds is 4. The Hall–Kier alpha value is -2.30. The summed E-state index contributed by atoms with van der Waals surface area (Å²) in [5.74, 6) is -0.916. The van der Waals surface area contributed by atoms with Crippen LogP contribution in [0.25, 0.3) is 0 Å². The van der Waals surface area contributed by atoms with Gasteiger partial charge in [-0.05, 0) is 35.5 Å². The molecule has 0 aliphatic heterocycles. The average molecular weight is 291 g/mol. The number of nitroso groups, excluding NO2 is 1. The molecule has 0 bridgehead atoms. The van der Waals surface area contributed by atoms with Crippen LogP contribution in [-0.2, 0) is 9.09 Å². The molecule has 0 aliphatic carbocycles. The zero-order valence-electron chi connectivity index (χ0n) is 10.2. The maximum Gasteiger partial charge on any atom is 0.410 e. The maximum atomic E-state index is 12.0. The minimum Gasteiger partial charge on any atom is -0.385 e. The summed E-state index contributed by atoms with van der Waals surface area (Å²) >= 11 is 0. The van der Waals surface area contributed by atoms with Crippen molar-refractivity contribution in [2.75, 3.05) is 0 Å². The molecule has 0 aliphatic rings. The lowest BCUT2D eigenvalue weighted by molar-refractivity contribution is 0.0723. The zero-order valence-corrected chi connectivity index (χ0v) is 11.1. The van der Waals surface area contributed by atoms with Crippen molar-refractivity contribution in [1.29, 1.82) is 0 Å². The molecule has 0 radical (unpaired) electrons. The molecule has 2 aromatic carbocycles. The number of nitrogens with zero attached hydrogens (tertiary/aromatic N) is 1. The van der Waals surface area contributed by atoms with Crippen molar-refractivity contribution < 1.29 is 18.8 Å². The summed E-state index contributed by atoms with van der Waals surface area (Å²) in [7, 11) is -4.36. The third-order valence-corrected chi connectivity index (χ3v) is 3.82. The second-order valence-electron chi connectivity index (χ2n) is 3.88. The highest BCUT2D eigenvalue weighted by molar-refractivity contribution is 7.61. The molecule has 2 aromatic rings. The van der Waals surface area contributed by atoms with E-state index in [1.165, 1.54) is 30.3 Å².